The number of hydrogen-bond acceptors (Lipinski definition) is 3. The third kappa shape index (κ3) is 3.67. The van der Waals surface area contributed by atoms with E-state index in [1.807, 2.05) is 6.92 Å². The SMILES string of the molecule is CCCC1(C(=O)O)CCCN(C(=O)N(C)C(C)(C)CO)C1. The van der Waals surface area contributed by atoms with Crippen molar-refractivity contribution in [1.82, 2.24) is 9.80 Å². The van der Waals surface area contributed by atoms with Gasteiger partial charge in [0, 0.05) is 20.1 Å². The highest BCUT2D eigenvalue weighted by molar-refractivity contribution is 5.79. The summed E-state index contributed by atoms with van der Waals surface area (Å²) in [5, 5.41) is 19.0. The van der Waals surface area contributed by atoms with Crippen LogP contribution in [-0.2, 0) is 4.79 Å². The van der Waals surface area contributed by atoms with Crippen molar-refractivity contribution in [2.24, 2.45) is 5.41 Å². The number of carbonyl (C=O) groups excluding carboxylic acids is 1. The van der Waals surface area contributed by atoms with Crippen molar-refractivity contribution in [2.75, 3.05) is 26.7 Å². The van der Waals surface area contributed by atoms with Gasteiger partial charge in [0.25, 0.3) is 0 Å². The third-order valence-corrected chi connectivity index (χ3v) is 4.61. The number of aliphatic carboxylic acids is 1. The second kappa shape index (κ2) is 6.64. The molecule has 1 saturated heterocycles. The van der Waals surface area contributed by atoms with Crippen molar-refractivity contribution in [3.05, 3.63) is 0 Å². The van der Waals surface area contributed by atoms with Crippen LogP contribution in [0.4, 0.5) is 4.79 Å². The second-order valence-electron chi connectivity index (χ2n) is 6.67. The lowest BCUT2D eigenvalue weighted by Crippen LogP contribution is -2.57. The summed E-state index contributed by atoms with van der Waals surface area (Å²) >= 11 is 0. The molecular formula is C15H28N2O4. The van der Waals surface area contributed by atoms with Gasteiger partial charge in [-0.3, -0.25) is 4.79 Å². The minimum atomic E-state index is -0.827. The highest BCUT2D eigenvalue weighted by Crippen LogP contribution is 2.35. The van der Waals surface area contributed by atoms with E-state index < -0.39 is 16.9 Å². The Hall–Kier alpha value is -1.30. The molecule has 0 aromatic heterocycles. The summed E-state index contributed by atoms with van der Waals surface area (Å²) in [6.45, 7) is 6.22. The number of piperidine rings is 1. The first kappa shape index (κ1) is 17.8. The van der Waals surface area contributed by atoms with Crippen LogP contribution in [-0.4, -0.2) is 64.3 Å². The van der Waals surface area contributed by atoms with Gasteiger partial charge in [0.1, 0.15) is 0 Å². The summed E-state index contributed by atoms with van der Waals surface area (Å²) in [4.78, 5) is 27.3. The van der Waals surface area contributed by atoms with Gasteiger partial charge < -0.3 is 20.0 Å². The Labute approximate surface area is 126 Å². The number of carboxylic acids is 1. The lowest BCUT2D eigenvalue weighted by molar-refractivity contribution is -0.152. The summed E-state index contributed by atoms with van der Waals surface area (Å²) in [5.74, 6) is -0.814. The molecule has 0 aliphatic carbocycles. The Morgan fingerprint density at radius 3 is 2.48 bits per heavy atom. The lowest BCUT2D eigenvalue weighted by Gasteiger charge is -2.44. The Morgan fingerprint density at radius 2 is 2.00 bits per heavy atom. The molecule has 1 aliphatic rings. The summed E-state index contributed by atoms with van der Waals surface area (Å²) in [6, 6.07) is -0.213. The number of hydrogen-bond donors (Lipinski definition) is 2. The molecular weight excluding hydrogens is 272 g/mol. The molecule has 0 spiro atoms. The number of rotatable bonds is 5. The van der Waals surface area contributed by atoms with Crippen LogP contribution in [0.2, 0.25) is 0 Å². The molecule has 1 unspecified atom stereocenters. The maximum atomic E-state index is 12.6. The van der Waals surface area contributed by atoms with Crippen LogP contribution in [0.1, 0.15) is 46.5 Å². The van der Waals surface area contributed by atoms with Crippen LogP contribution in [0, 0.1) is 5.41 Å². The van der Waals surface area contributed by atoms with Crippen molar-refractivity contribution in [2.45, 2.75) is 52.0 Å². The van der Waals surface area contributed by atoms with Crippen molar-refractivity contribution in [3.8, 4) is 0 Å². The van der Waals surface area contributed by atoms with Gasteiger partial charge in [-0.2, -0.15) is 0 Å². The smallest absolute Gasteiger partial charge is 0.320 e. The average molecular weight is 300 g/mol. The van der Waals surface area contributed by atoms with Crippen molar-refractivity contribution < 1.29 is 19.8 Å². The molecule has 1 rings (SSSR count). The Morgan fingerprint density at radius 1 is 1.38 bits per heavy atom. The van der Waals surface area contributed by atoms with E-state index in [0.29, 0.717) is 25.8 Å². The Balaban J connectivity index is 2.89. The van der Waals surface area contributed by atoms with Gasteiger partial charge in [0.15, 0.2) is 0 Å². The zero-order valence-electron chi connectivity index (χ0n) is 13.6. The minimum Gasteiger partial charge on any atom is -0.481 e. The van der Waals surface area contributed by atoms with Gasteiger partial charge in [-0.25, -0.2) is 4.79 Å². The summed E-state index contributed by atoms with van der Waals surface area (Å²) in [7, 11) is 1.65. The number of amides is 2. The van der Waals surface area contributed by atoms with Crippen LogP contribution in [0.5, 0.6) is 0 Å². The molecule has 122 valence electrons. The molecule has 21 heavy (non-hydrogen) atoms. The topological polar surface area (TPSA) is 81.1 Å². The number of nitrogens with zero attached hydrogens (tertiary/aromatic N) is 2. The first-order valence-electron chi connectivity index (χ1n) is 7.57. The summed E-state index contributed by atoms with van der Waals surface area (Å²) in [6.07, 6.45) is 2.68. The number of aliphatic hydroxyl groups excluding tert-OH is 1. The molecule has 2 N–H and O–H groups in total. The molecule has 2 amide bonds. The average Bonchev–Trinajstić information content (AvgIpc) is 2.46. The van der Waals surface area contributed by atoms with Crippen LogP contribution in [0.3, 0.4) is 0 Å². The van der Waals surface area contributed by atoms with Crippen LogP contribution >= 0.6 is 0 Å². The van der Waals surface area contributed by atoms with Crippen molar-refractivity contribution >= 4 is 12.0 Å². The van der Waals surface area contributed by atoms with Crippen LogP contribution < -0.4 is 0 Å². The summed E-state index contributed by atoms with van der Waals surface area (Å²) in [5.41, 5.74) is -1.49. The maximum absolute atomic E-state index is 12.6. The fourth-order valence-electron chi connectivity index (χ4n) is 2.84. The molecule has 0 aromatic rings. The molecule has 1 heterocycles. The number of aliphatic hydroxyl groups is 1. The van der Waals surface area contributed by atoms with E-state index in [1.54, 1.807) is 25.8 Å². The first-order valence-corrected chi connectivity index (χ1v) is 7.57. The van der Waals surface area contributed by atoms with E-state index in [-0.39, 0.29) is 19.2 Å². The second-order valence-corrected chi connectivity index (χ2v) is 6.67. The van der Waals surface area contributed by atoms with Gasteiger partial charge >= 0.3 is 12.0 Å². The van der Waals surface area contributed by atoms with E-state index >= 15 is 0 Å². The number of carbonyl (C=O) groups is 2. The van der Waals surface area contributed by atoms with Gasteiger partial charge in [-0.1, -0.05) is 13.3 Å². The number of likely N-dealkylation sites (tertiary alicyclic amines) is 1. The molecule has 0 aromatic carbocycles. The zero-order valence-corrected chi connectivity index (χ0v) is 13.6. The highest BCUT2D eigenvalue weighted by Gasteiger charge is 2.44. The number of likely N-dealkylation sites (N-methyl/N-ethyl adjacent to an activating group) is 1. The quantitative estimate of drug-likeness (QED) is 0.811. The molecule has 1 fully saturated rings. The van der Waals surface area contributed by atoms with Crippen molar-refractivity contribution in [3.63, 3.8) is 0 Å². The number of urea groups is 1. The van der Waals surface area contributed by atoms with E-state index in [2.05, 4.69) is 0 Å². The molecule has 6 nitrogen and oxygen atoms in total. The highest BCUT2D eigenvalue weighted by atomic mass is 16.4. The van der Waals surface area contributed by atoms with Gasteiger partial charge in [0.05, 0.1) is 17.6 Å². The third-order valence-electron chi connectivity index (χ3n) is 4.61. The van der Waals surface area contributed by atoms with Gasteiger partial charge in [-0.05, 0) is 33.1 Å². The molecule has 0 radical (unpaired) electrons. The number of carboxylic acid groups (broad SMARTS) is 1. The Kier molecular flexibility index (Phi) is 5.61. The molecule has 1 aliphatic heterocycles. The minimum absolute atomic E-state index is 0.137. The molecule has 0 saturated carbocycles. The monoisotopic (exact) mass is 300 g/mol. The molecule has 1 atom stereocenters. The fourth-order valence-corrected chi connectivity index (χ4v) is 2.84. The van der Waals surface area contributed by atoms with Gasteiger partial charge in [-0.15, -0.1) is 0 Å². The Bertz CT molecular complexity index is 393. The van der Waals surface area contributed by atoms with E-state index in [9.17, 15) is 19.8 Å². The van der Waals surface area contributed by atoms with E-state index in [1.165, 1.54) is 4.90 Å². The predicted molar refractivity (Wildman–Crippen MR) is 80.1 cm³/mol. The normalized spacial score (nSPS) is 23.0. The van der Waals surface area contributed by atoms with Gasteiger partial charge in [0.2, 0.25) is 0 Å². The molecule has 0 bridgehead atoms. The fraction of sp³-hybridized carbons (Fsp3) is 0.867. The zero-order chi connectivity index (χ0) is 16.3. The van der Waals surface area contributed by atoms with E-state index in [4.69, 9.17) is 0 Å². The summed E-state index contributed by atoms with van der Waals surface area (Å²) < 4.78 is 0. The predicted octanol–water partition coefficient (Wildman–Crippen LogP) is 1.78. The molecule has 6 heteroatoms. The first-order chi connectivity index (χ1) is 9.70. The lowest BCUT2D eigenvalue weighted by atomic mass is 9.76. The van der Waals surface area contributed by atoms with Crippen LogP contribution in [0.15, 0.2) is 0 Å². The van der Waals surface area contributed by atoms with Crippen molar-refractivity contribution in [1.29, 1.82) is 0 Å². The maximum Gasteiger partial charge on any atom is 0.320 e. The van der Waals surface area contributed by atoms with E-state index in [0.717, 1.165) is 6.42 Å². The standard InChI is InChI=1S/C15H28N2O4/c1-5-7-15(12(19)20)8-6-9-17(10-15)13(21)16(4)14(2,3)11-18/h18H,5-11H2,1-4H3,(H,19,20). The largest absolute Gasteiger partial charge is 0.481 e. The van der Waals surface area contributed by atoms with Crippen LogP contribution in [0.25, 0.3) is 0 Å².